The number of nitrogens with one attached hydrogen (secondary N) is 2. The molecule has 25 heavy (non-hydrogen) atoms. The van der Waals surface area contributed by atoms with Crippen LogP contribution in [0.15, 0.2) is 72.1 Å². The summed E-state index contributed by atoms with van der Waals surface area (Å²) in [5.74, 6) is -0.581. The van der Waals surface area contributed by atoms with Crippen molar-refractivity contribution in [2.75, 3.05) is 5.32 Å². The van der Waals surface area contributed by atoms with Crippen molar-refractivity contribution in [3.05, 3.63) is 88.4 Å². The molecule has 0 saturated carbocycles. The predicted molar refractivity (Wildman–Crippen MR) is 100 cm³/mol. The summed E-state index contributed by atoms with van der Waals surface area (Å²) in [5.41, 5.74) is 1.54. The molecule has 1 aromatic heterocycles. The van der Waals surface area contributed by atoms with Crippen LogP contribution in [0.2, 0.25) is 0 Å². The molecule has 3 rings (SSSR count). The molecule has 2 N–H and O–H groups in total. The molecule has 0 aliphatic rings. The Kier molecular flexibility index (Phi) is 5.58. The maximum absolute atomic E-state index is 13.3. The predicted octanol–water partition coefficient (Wildman–Crippen LogP) is 4.59. The molecule has 0 aliphatic carbocycles. The third-order valence-electron chi connectivity index (χ3n) is 3.86. The summed E-state index contributed by atoms with van der Waals surface area (Å²) in [6.45, 7) is 1.80. The lowest BCUT2D eigenvalue weighted by atomic mass is 10.0. The Bertz CT molecular complexity index is 821. The Morgan fingerprint density at radius 3 is 2.52 bits per heavy atom. The maximum Gasteiger partial charge on any atom is 0.241 e. The van der Waals surface area contributed by atoms with Gasteiger partial charge in [-0.05, 0) is 42.1 Å². The number of carbonyl (C=O) groups excluding carboxylic acids is 1. The van der Waals surface area contributed by atoms with Crippen LogP contribution in [0, 0.1) is 5.82 Å². The van der Waals surface area contributed by atoms with E-state index in [0.717, 1.165) is 10.4 Å². The lowest BCUT2D eigenvalue weighted by Gasteiger charge is -2.22. The van der Waals surface area contributed by atoms with Crippen molar-refractivity contribution < 1.29 is 9.18 Å². The number of anilines is 1. The highest BCUT2D eigenvalue weighted by atomic mass is 32.1. The fourth-order valence-corrected chi connectivity index (χ4v) is 3.40. The Labute approximate surface area is 150 Å². The van der Waals surface area contributed by atoms with Gasteiger partial charge in [0.25, 0.3) is 0 Å². The molecule has 2 aromatic carbocycles. The van der Waals surface area contributed by atoms with Crippen molar-refractivity contribution in [3.8, 4) is 0 Å². The van der Waals surface area contributed by atoms with E-state index >= 15 is 0 Å². The van der Waals surface area contributed by atoms with E-state index in [1.807, 2.05) is 47.8 Å². The molecular formula is C20H19FN2OS. The largest absolute Gasteiger partial charge is 0.325 e. The number of halogens is 1. The highest BCUT2D eigenvalue weighted by molar-refractivity contribution is 7.10. The highest BCUT2D eigenvalue weighted by Gasteiger charge is 2.21. The molecule has 3 nitrogen and oxygen atoms in total. The normalized spacial score (nSPS) is 13.2. The summed E-state index contributed by atoms with van der Waals surface area (Å²) in [6, 6.07) is 19.4. The fraction of sp³-hybridized carbons (Fsp3) is 0.150. The number of hydrogen-bond acceptors (Lipinski definition) is 3. The van der Waals surface area contributed by atoms with Gasteiger partial charge in [0.15, 0.2) is 0 Å². The van der Waals surface area contributed by atoms with Gasteiger partial charge in [0.1, 0.15) is 5.82 Å². The number of benzene rings is 2. The maximum atomic E-state index is 13.3. The van der Waals surface area contributed by atoms with Gasteiger partial charge in [-0.2, -0.15) is 0 Å². The molecular weight excluding hydrogens is 335 g/mol. The number of hydrogen-bond donors (Lipinski definition) is 2. The minimum atomic E-state index is -0.449. The van der Waals surface area contributed by atoms with Crippen molar-refractivity contribution in [2.24, 2.45) is 0 Å². The smallest absolute Gasteiger partial charge is 0.241 e. The van der Waals surface area contributed by atoms with Gasteiger partial charge in [0.05, 0.1) is 12.1 Å². The van der Waals surface area contributed by atoms with E-state index in [0.29, 0.717) is 5.69 Å². The van der Waals surface area contributed by atoms with Crippen LogP contribution >= 0.6 is 11.3 Å². The van der Waals surface area contributed by atoms with E-state index in [1.54, 1.807) is 30.4 Å². The van der Waals surface area contributed by atoms with Crippen LogP contribution in [0.25, 0.3) is 0 Å². The summed E-state index contributed by atoms with van der Waals surface area (Å²) in [7, 11) is 0. The van der Waals surface area contributed by atoms with Gasteiger partial charge in [-0.1, -0.05) is 42.5 Å². The SMILES string of the molecule is C[C@H](N[C@H](c1ccccc1)c1cccs1)C(=O)Nc1cccc(F)c1. The first kappa shape index (κ1) is 17.3. The second-order valence-electron chi connectivity index (χ2n) is 5.75. The Morgan fingerprint density at radius 1 is 1.04 bits per heavy atom. The Hall–Kier alpha value is -2.50. The summed E-state index contributed by atoms with van der Waals surface area (Å²) in [5, 5.41) is 8.14. The topological polar surface area (TPSA) is 41.1 Å². The van der Waals surface area contributed by atoms with Gasteiger partial charge in [0.2, 0.25) is 5.91 Å². The van der Waals surface area contributed by atoms with Crippen LogP contribution in [-0.4, -0.2) is 11.9 Å². The molecule has 0 saturated heterocycles. The van der Waals surface area contributed by atoms with E-state index < -0.39 is 6.04 Å². The molecule has 2 atom stereocenters. The van der Waals surface area contributed by atoms with Crippen LogP contribution in [0.3, 0.4) is 0 Å². The van der Waals surface area contributed by atoms with Gasteiger partial charge in [-0.3, -0.25) is 10.1 Å². The van der Waals surface area contributed by atoms with Gasteiger partial charge in [-0.15, -0.1) is 11.3 Å². The lowest BCUT2D eigenvalue weighted by Crippen LogP contribution is -2.40. The fourth-order valence-electron chi connectivity index (χ4n) is 2.59. The number of thiophene rings is 1. The molecule has 0 spiro atoms. The molecule has 128 valence electrons. The second-order valence-corrected chi connectivity index (χ2v) is 6.73. The van der Waals surface area contributed by atoms with Gasteiger partial charge < -0.3 is 5.32 Å². The third kappa shape index (κ3) is 4.53. The van der Waals surface area contributed by atoms with Gasteiger partial charge >= 0.3 is 0 Å². The van der Waals surface area contributed by atoms with E-state index in [9.17, 15) is 9.18 Å². The highest BCUT2D eigenvalue weighted by Crippen LogP contribution is 2.26. The zero-order chi connectivity index (χ0) is 17.6. The van der Waals surface area contributed by atoms with Crippen molar-refractivity contribution in [1.29, 1.82) is 0 Å². The zero-order valence-corrected chi connectivity index (χ0v) is 14.6. The molecule has 5 heteroatoms. The molecule has 1 heterocycles. The Balaban J connectivity index is 1.74. The van der Waals surface area contributed by atoms with Crippen molar-refractivity contribution in [2.45, 2.75) is 19.0 Å². The first-order valence-corrected chi connectivity index (χ1v) is 8.92. The summed E-state index contributed by atoms with van der Waals surface area (Å²) in [4.78, 5) is 13.6. The van der Waals surface area contributed by atoms with Crippen molar-refractivity contribution in [3.63, 3.8) is 0 Å². The Morgan fingerprint density at radius 2 is 1.84 bits per heavy atom. The van der Waals surface area contributed by atoms with Crippen molar-refractivity contribution in [1.82, 2.24) is 5.32 Å². The van der Waals surface area contributed by atoms with Gasteiger partial charge in [-0.25, -0.2) is 4.39 Å². The van der Waals surface area contributed by atoms with Crippen molar-refractivity contribution >= 4 is 22.9 Å². The first-order chi connectivity index (χ1) is 12.1. The molecule has 0 aliphatic heterocycles. The van der Waals surface area contributed by atoms with Gasteiger partial charge in [0, 0.05) is 10.6 Å². The molecule has 0 bridgehead atoms. The number of amides is 1. The molecule has 0 radical (unpaired) electrons. The molecule has 0 fully saturated rings. The lowest BCUT2D eigenvalue weighted by molar-refractivity contribution is -0.117. The van der Waals surface area contributed by atoms with Crippen LogP contribution in [-0.2, 0) is 4.79 Å². The van der Waals surface area contributed by atoms with Crippen LogP contribution < -0.4 is 10.6 Å². The minimum absolute atomic E-state index is 0.0746. The zero-order valence-electron chi connectivity index (χ0n) is 13.8. The summed E-state index contributed by atoms with van der Waals surface area (Å²) in [6.07, 6.45) is 0. The van der Waals surface area contributed by atoms with E-state index in [2.05, 4.69) is 10.6 Å². The quantitative estimate of drug-likeness (QED) is 0.680. The van der Waals surface area contributed by atoms with E-state index in [4.69, 9.17) is 0 Å². The molecule has 3 aromatic rings. The molecule has 0 unspecified atom stereocenters. The standard InChI is InChI=1S/C20H19FN2OS/c1-14(20(24)23-17-10-5-9-16(21)13-17)22-19(18-11-6-12-25-18)15-7-3-2-4-8-15/h2-14,19,22H,1H3,(H,23,24)/t14-,19+/m0/s1. The third-order valence-corrected chi connectivity index (χ3v) is 4.80. The van der Waals surface area contributed by atoms with Crippen LogP contribution in [0.1, 0.15) is 23.4 Å². The van der Waals surface area contributed by atoms with Crippen LogP contribution in [0.5, 0.6) is 0 Å². The minimum Gasteiger partial charge on any atom is -0.325 e. The second kappa shape index (κ2) is 8.05. The average Bonchev–Trinajstić information content (AvgIpc) is 3.14. The number of rotatable bonds is 6. The monoisotopic (exact) mass is 354 g/mol. The van der Waals surface area contributed by atoms with Crippen LogP contribution in [0.4, 0.5) is 10.1 Å². The van der Waals surface area contributed by atoms with E-state index in [1.165, 1.54) is 12.1 Å². The number of carbonyl (C=O) groups is 1. The first-order valence-electron chi connectivity index (χ1n) is 8.04. The van der Waals surface area contributed by atoms with E-state index in [-0.39, 0.29) is 17.8 Å². The summed E-state index contributed by atoms with van der Waals surface area (Å²) < 4.78 is 13.3. The molecule has 1 amide bonds. The average molecular weight is 354 g/mol. The summed E-state index contributed by atoms with van der Waals surface area (Å²) >= 11 is 1.64.